The molecule has 0 aliphatic heterocycles. The van der Waals surface area contributed by atoms with Crippen LogP contribution in [0.25, 0.3) is 0 Å². The smallest absolute Gasteiger partial charge is 0.481 e. The van der Waals surface area contributed by atoms with E-state index in [0.717, 1.165) is 23.5 Å². The number of amides is 1. The number of carboxylic acid groups (broad SMARTS) is 1. The molecule has 152 valence electrons. The molecule has 2 N–H and O–H groups in total. The van der Waals surface area contributed by atoms with Crippen LogP contribution in [0, 0.1) is 13.8 Å². The predicted molar refractivity (Wildman–Crippen MR) is 95.2 cm³/mol. The molecule has 2 rings (SSSR count). The fraction of sp³-hybridized carbons (Fsp3) is 0.368. The molecular weight excluding hydrogens is 377 g/mol. The van der Waals surface area contributed by atoms with Gasteiger partial charge in [-0.1, -0.05) is 12.1 Å². The number of hydrogen-bond donors (Lipinski definition) is 2. The van der Waals surface area contributed by atoms with E-state index >= 15 is 0 Å². The Hall–Kier alpha value is -2.97. The highest BCUT2D eigenvalue weighted by Gasteiger charge is 2.31. The van der Waals surface area contributed by atoms with Gasteiger partial charge in [0.2, 0.25) is 0 Å². The van der Waals surface area contributed by atoms with E-state index in [1.807, 2.05) is 18.4 Å². The first-order chi connectivity index (χ1) is 13.0. The first-order valence-corrected chi connectivity index (χ1v) is 8.57. The third kappa shape index (κ3) is 5.28. The Labute approximate surface area is 159 Å². The van der Waals surface area contributed by atoms with Crippen LogP contribution in [0.15, 0.2) is 30.3 Å². The maximum atomic E-state index is 12.7. The highest BCUT2D eigenvalue weighted by Crippen LogP contribution is 2.26. The number of halogens is 3. The second kappa shape index (κ2) is 8.37. The van der Waals surface area contributed by atoms with Crippen LogP contribution in [0.2, 0.25) is 0 Å². The molecule has 1 atom stereocenters. The summed E-state index contributed by atoms with van der Waals surface area (Å²) < 4.78 is 42.6. The average Bonchev–Trinajstić information content (AvgIpc) is 2.87. The molecule has 9 heteroatoms. The molecule has 0 radical (unpaired) electrons. The number of benzene rings is 1. The quantitative estimate of drug-likeness (QED) is 0.740. The fourth-order valence-electron chi connectivity index (χ4n) is 3.08. The van der Waals surface area contributed by atoms with Gasteiger partial charge in [0.25, 0.3) is 5.91 Å². The van der Waals surface area contributed by atoms with Crippen molar-refractivity contribution in [2.24, 2.45) is 0 Å². The molecular formula is C19H21F3N2O4. The molecule has 0 saturated carbocycles. The van der Waals surface area contributed by atoms with Crippen molar-refractivity contribution in [3.05, 3.63) is 52.8 Å². The minimum absolute atomic E-state index is 0.356. The van der Waals surface area contributed by atoms with Crippen LogP contribution in [-0.4, -0.2) is 27.9 Å². The summed E-state index contributed by atoms with van der Waals surface area (Å²) in [5.74, 6) is -2.03. The first kappa shape index (κ1) is 21.3. The molecule has 1 heterocycles. The standard InChI is InChI=1S/C19H21F3N2O4/c1-4-24-11(2)9-15(12(24)3)18(27)23-16(10-17(25)26)13-5-7-14(8-6-13)28-19(20,21)22/h5-9,16H,4,10H2,1-3H3,(H,23,27)(H,25,26). The summed E-state index contributed by atoms with van der Waals surface area (Å²) >= 11 is 0. The Bertz CT molecular complexity index is 857. The van der Waals surface area contributed by atoms with Crippen molar-refractivity contribution in [1.29, 1.82) is 0 Å². The molecule has 1 unspecified atom stereocenters. The van der Waals surface area contributed by atoms with Crippen LogP contribution in [0.1, 0.15) is 46.7 Å². The predicted octanol–water partition coefficient (Wildman–Crippen LogP) is 3.97. The van der Waals surface area contributed by atoms with Gasteiger partial charge < -0.3 is 19.7 Å². The number of aliphatic carboxylic acids is 1. The molecule has 0 aliphatic rings. The van der Waals surface area contributed by atoms with Crippen molar-refractivity contribution in [2.75, 3.05) is 0 Å². The number of nitrogens with zero attached hydrogens (tertiary/aromatic N) is 1. The minimum atomic E-state index is -4.82. The number of carbonyl (C=O) groups excluding carboxylic acids is 1. The number of ether oxygens (including phenoxy) is 1. The van der Waals surface area contributed by atoms with E-state index in [2.05, 4.69) is 10.1 Å². The van der Waals surface area contributed by atoms with E-state index in [0.29, 0.717) is 17.7 Å². The largest absolute Gasteiger partial charge is 0.573 e. The second-order valence-corrected chi connectivity index (χ2v) is 6.27. The molecule has 1 aromatic carbocycles. The topological polar surface area (TPSA) is 80.6 Å². The summed E-state index contributed by atoms with van der Waals surface area (Å²) in [5, 5.41) is 11.8. The number of rotatable bonds is 7. The van der Waals surface area contributed by atoms with E-state index in [1.54, 1.807) is 13.0 Å². The maximum absolute atomic E-state index is 12.7. The van der Waals surface area contributed by atoms with E-state index in [4.69, 9.17) is 5.11 Å². The van der Waals surface area contributed by atoms with Gasteiger partial charge >= 0.3 is 12.3 Å². The third-order valence-electron chi connectivity index (χ3n) is 4.33. The Morgan fingerprint density at radius 1 is 1.21 bits per heavy atom. The summed E-state index contributed by atoms with van der Waals surface area (Å²) in [7, 11) is 0. The van der Waals surface area contributed by atoms with Gasteiger partial charge in [0, 0.05) is 17.9 Å². The first-order valence-electron chi connectivity index (χ1n) is 8.57. The van der Waals surface area contributed by atoms with Crippen molar-refractivity contribution in [1.82, 2.24) is 9.88 Å². The highest BCUT2D eigenvalue weighted by molar-refractivity contribution is 5.96. The number of hydrogen-bond acceptors (Lipinski definition) is 3. The zero-order chi connectivity index (χ0) is 21.1. The second-order valence-electron chi connectivity index (χ2n) is 6.27. The number of carbonyl (C=O) groups is 2. The van der Waals surface area contributed by atoms with Crippen LogP contribution in [0.5, 0.6) is 5.75 Å². The molecule has 1 aromatic heterocycles. The minimum Gasteiger partial charge on any atom is -0.481 e. The zero-order valence-corrected chi connectivity index (χ0v) is 15.6. The highest BCUT2D eigenvalue weighted by atomic mass is 19.4. The Morgan fingerprint density at radius 2 is 1.82 bits per heavy atom. The van der Waals surface area contributed by atoms with Crippen molar-refractivity contribution < 1.29 is 32.6 Å². The average molecular weight is 398 g/mol. The number of aryl methyl sites for hydroxylation is 1. The summed E-state index contributed by atoms with van der Waals surface area (Å²) in [5.41, 5.74) is 2.43. The van der Waals surface area contributed by atoms with E-state index < -0.39 is 36.5 Å². The van der Waals surface area contributed by atoms with Gasteiger partial charge in [-0.15, -0.1) is 13.2 Å². The van der Waals surface area contributed by atoms with Gasteiger partial charge in [0.1, 0.15) is 5.75 Å². The maximum Gasteiger partial charge on any atom is 0.573 e. The van der Waals surface area contributed by atoms with Crippen LogP contribution in [0.4, 0.5) is 13.2 Å². The lowest BCUT2D eigenvalue weighted by Crippen LogP contribution is -2.30. The molecule has 2 aromatic rings. The van der Waals surface area contributed by atoms with Gasteiger partial charge in [0.15, 0.2) is 0 Å². The molecule has 0 bridgehead atoms. The van der Waals surface area contributed by atoms with E-state index in [-0.39, 0.29) is 0 Å². The summed E-state index contributed by atoms with van der Waals surface area (Å²) in [6.45, 7) is 6.28. The summed E-state index contributed by atoms with van der Waals surface area (Å²) in [6.07, 6.45) is -5.24. The van der Waals surface area contributed by atoms with Crippen molar-refractivity contribution in [3.8, 4) is 5.75 Å². The summed E-state index contributed by atoms with van der Waals surface area (Å²) in [6, 6.07) is 5.55. The van der Waals surface area contributed by atoms with Gasteiger partial charge in [-0.3, -0.25) is 9.59 Å². The normalized spacial score (nSPS) is 12.5. The number of nitrogens with one attached hydrogen (secondary N) is 1. The lowest BCUT2D eigenvalue weighted by molar-refractivity contribution is -0.274. The monoisotopic (exact) mass is 398 g/mol. The van der Waals surface area contributed by atoms with Gasteiger partial charge in [0.05, 0.1) is 18.0 Å². The van der Waals surface area contributed by atoms with Gasteiger partial charge in [-0.05, 0) is 44.5 Å². The molecule has 6 nitrogen and oxygen atoms in total. The Balaban J connectivity index is 2.24. The Kier molecular flexibility index (Phi) is 6.37. The SMILES string of the molecule is CCn1c(C)cc(C(=O)NC(CC(=O)O)c2ccc(OC(F)(F)F)cc2)c1C. The molecule has 0 fully saturated rings. The zero-order valence-electron chi connectivity index (χ0n) is 15.6. The van der Waals surface area contributed by atoms with Gasteiger partial charge in [-0.25, -0.2) is 0 Å². The van der Waals surface area contributed by atoms with Gasteiger partial charge in [-0.2, -0.15) is 0 Å². The molecule has 0 spiro atoms. The lowest BCUT2D eigenvalue weighted by Gasteiger charge is -2.18. The fourth-order valence-corrected chi connectivity index (χ4v) is 3.08. The van der Waals surface area contributed by atoms with Crippen molar-refractivity contribution in [3.63, 3.8) is 0 Å². The Morgan fingerprint density at radius 3 is 2.29 bits per heavy atom. The molecule has 0 saturated heterocycles. The van der Waals surface area contributed by atoms with Crippen LogP contribution >= 0.6 is 0 Å². The number of alkyl halides is 3. The van der Waals surface area contributed by atoms with Crippen molar-refractivity contribution >= 4 is 11.9 Å². The van der Waals surface area contributed by atoms with E-state index in [1.165, 1.54) is 12.1 Å². The van der Waals surface area contributed by atoms with Crippen molar-refractivity contribution in [2.45, 2.75) is 46.1 Å². The number of aromatic nitrogens is 1. The van der Waals surface area contributed by atoms with Crippen LogP contribution < -0.4 is 10.1 Å². The molecule has 0 aliphatic carbocycles. The van der Waals surface area contributed by atoms with Crippen LogP contribution in [-0.2, 0) is 11.3 Å². The van der Waals surface area contributed by atoms with E-state index in [9.17, 15) is 22.8 Å². The number of carboxylic acids is 1. The lowest BCUT2D eigenvalue weighted by atomic mass is 10.0. The molecule has 28 heavy (non-hydrogen) atoms. The summed E-state index contributed by atoms with van der Waals surface area (Å²) in [4.78, 5) is 23.9. The third-order valence-corrected chi connectivity index (χ3v) is 4.33. The molecule has 1 amide bonds. The van der Waals surface area contributed by atoms with Crippen LogP contribution in [0.3, 0.4) is 0 Å².